The second kappa shape index (κ2) is 9.08. The zero-order chi connectivity index (χ0) is 18.2. The summed E-state index contributed by atoms with van der Waals surface area (Å²) in [6.07, 6.45) is 1.65. The fourth-order valence-electron chi connectivity index (χ4n) is 2.73. The van der Waals surface area contributed by atoms with Crippen molar-refractivity contribution in [2.45, 2.75) is 25.8 Å². The smallest absolute Gasteiger partial charge is 0.252 e. The van der Waals surface area contributed by atoms with Crippen LogP contribution in [-0.4, -0.2) is 26.7 Å². The molecule has 0 aliphatic carbocycles. The van der Waals surface area contributed by atoms with Crippen molar-refractivity contribution in [3.05, 3.63) is 59.2 Å². The number of nitrogens with two attached hydrogens (primary N) is 1. The van der Waals surface area contributed by atoms with Gasteiger partial charge in [0.2, 0.25) is 0 Å². The minimum Gasteiger partial charge on any atom is -0.493 e. The summed E-state index contributed by atoms with van der Waals surface area (Å²) in [4.78, 5) is 12.7. The summed E-state index contributed by atoms with van der Waals surface area (Å²) in [6.45, 7) is 2.56. The van der Waals surface area contributed by atoms with Crippen LogP contribution in [-0.2, 0) is 6.42 Å². The SMILES string of the molecule is COc1ccc([C@@H](C)NC(=O)c2ccccc2CCCN)cc1OC. The monoisotopic (exact) mass is 342 g/mol. The Kier molecular flexibility index (Phi) is 6.83. The molecule has 2 aromatic carbocycles. The number of amides is 1. The molecule has 134 valence electrons. The highest BCUT2D eigenvalue weighted by Crippen LogP contribution is 2.30. The molecule has 1 amide bonds. The van der Waals surface area contributed by atoms with E-state index in [9.17, 15) is 4.79 Å². The number of aryl methyl sites for hydroxylation is 1. The molecule has 0 saturated carbocycles. The molecule has 0 fully saturated rings. The zero-order valence-electron chi connectivity index (χ0n) is 15.0. The first-order valence-electron chi connectivity index (χ1n) is 8.41. The van der Waals surface area contributed by atoms with Crippen molar-refractivity contribution in [3.63, 3.8) is 0 Å². The van der Waals surface area contributed by atoms with Gasteiger partial charge >= 0.3 is 0 Å². The van der Waals surface area contributed by atoms with E-state index in [1.54, 1.807) is 14.2 Å². The summed E-state index contributed by atoms with van der Waals surface area (Å²) in [5, 5.41) is 3.05. The molecule has 0 aromatic heterocycles. The first-order chi connectivity index (χ1) is 12.1. The van der Waals surface area contributed by atoms with Crippen LogP contribution in [0.5, 0.6) is 11.5 Å². The molecular weight excluding hydrogens is 316 g/mol. The fourth-order valence-corrected chi connectivity index (χ4v) is 2.73. The minimum absolute atomic E-state index is 0.0880. The van der Waals surface area contributed by atoms with E-state index in [4.69, 9.17) is 15.2 Å². The second-order valence-corrected chi connectivity index (χ2v) is 5.86. The van der Waals surface area contributed by atoms with E-state index >= 15 is 0 Å². The van der Waals surface area contributed by atoms with Gasteiger partial charge in [-0.05, 0) is 55.6 Å². The van der Waals surface area contributed by atoms with Gasteiger partial charge in [0, 0.05) is 5.56 Å². The van der Waals surface area contributed by atoms with Gasteiger partial charge in [-0.15, -0.1) is 0 Å². The molecule has 3 N–H and O–H groups in total. The Bertz CT molecular complexity index is 716. The maximum Gasteiger partial charge on any atom is 0.252 e. The number of carbonyl (C=O) groups is 1. The summed E-state index contributed by atoms with van der Waals surface area (Å²) in [5.74, 6) is 1.22. The van der Waals surface area contributed by atoms with Crippen LogP contribution >= 0.6 is 0 Å². The normalized spacial score (nSPS) is 11.7. The first-order valence-corrected chi connectivity index (χ1v) is 8.41. The van der Waals surface area contributed by atoms with E-state index in [1.165, 1.54) is 0 Å². The third-order valence-corrected chi connectivity index (χ3v) is 4.17. The Morgan fingerprint density at radius 3 is 2.52 bits per heavy atom. The largest absolute Gasteiger partial charge is 0.493 e. The first kappa shape index (κ1) is 18.8. The van der Waals surface area contributed by atoms with Crippen LogP contribution in [0.4, 0.5) is 0 Å². The Morgan fingerprint density at radius 1 is 1.12 bits per heavy atom. The lowest BCUT2D eigenvalue weighted by Crippen LogP contribution is -2.27. The Hall–Kier alpha value is -2.53. The number of carbonyl (C=O) groups excluding carboxylic acids is 1. The molecule has 0 radical (unpaired) electrons. The zero-order valence-corrected chi connectivity index (χ0v) is 15.0. The third-order valence-electron chi connectivity index (χ3n) is 4.17. The topological polar surface area (TPSA) is 73.6 Å². The van der Waals surface area contributed by atoms with E-state index in [1.807, 2.05) is 49.4 Å². The van der Waals surface area contributed by atoms with Crippen molar-refractivity contribution in [3.8, 4) is 11.5 Å². The van der Waals surface area contributed by atoms with Crippen molar-refractivity contribution in [2.75, 3.05) is 20.8 Å². The van der Waals surface area contributed by atoms with Crippen LogP contribution in [0.15, 0.2) is 42.5 Å². The van der Waals surface area contributed by atoms with E-state index in [0.29, 0.717) is 23.6 Å². The van der Waals surface area contributed by atoms with Crippen molar-refractivity contribution >= 4 is 5.91 Å². The summed E-state index contributed by atoms with van der Waals surface area (Å²) in [6, 6.07) is 13.1. The Labute approximate surface area is 149 Å². The highest BCUT2D eigenvalue weighted by molar-refractivity contribution is 5.95. The van der Waals surface area contributed by atoms with Gasteiger partial charge in [-0.2, -0.15) is 0 Å². The Balaban J connectivity index is 2.15. The van der Waals surface area contributed by atoms with Gasteiger partial charge in [0.05, 0.1) is 20.3 Å². The van der Waals surface area contributed by atoms with Crippen molar-refractivity contribution in [1.82, 2.24) is 5.32 Å². The maximum absolute atomic E-state index is 12.7. The molecule has 0 heterocycles. The lowest BCUT2D eigenvalue weighted by atomic mass is 10.0. The standard InChI is InChI=1S/C20H26N2O3/c1-14(16-10-11-18(24-2)19(13-16)25-3)22-20(23)17-9-5-4-7-15(17)8-6-12-21/h4-5,7,9-11,13-14H,6,8,12,21H2,1-3H3,(H,22,23)/t14-/m1/s1. The molecule has 0 aliphatic rings. The van der Waals surface area contributed by atoms with Crippen LogP contribution in [0, 0.1) is 0 Å². The number of hydrogen-bond acceptors (Lipinski definition) is 4. The number of nitrogens with one attached hydrogen (secondary N) is 1. The number of hydrogen-bond donors (Lipinski definition) is 2. The maximum atomic E-state index is 12.7. The van der Waals surface area contributed by atoms with E-state index in [0.717, 1.165) is 24.0 Å². The molecule has 2 aromatic rings. The van der Waals surface area contributed by atoms with Crippen LogP contribution in [0.2, 0.25) is 0 Å². The highest BCUT2D eigenvalue weighted by Gasteiger charge is 2.16. The minimum atomic E-state index is -0.158. The van der Waals surface area contributed by atoms with E-state index in [2.05, 4.69) is 5.32 Å². The van der Waals surface area contributed by atoms with Gasteiger partial charge in [-0.3, -0.25) is 4.79 Å². The predicted octanol–water partition coefficient (Wildman–Crippen LogP) is 3.09. The number of benzene rings is 2. The molecule has 1 atom stereocenters. The van der Waals surface area contributed by atoms with Crippen LogP contribution in [0.1, 0.15) is 40.9 Å². The quantitative estimate of drug-likeness (QED) is 0.773. The van der Waals surface area contributed by atoms with E-state index in [-0.39, 0.29) is 11.9 Å². The molecule has 0 unspecified atom stereocenters. The Morgan fingerprint density at radius 2 is 1.84 bits per heavy atom. The molecule has 2 rings (SSSR count). The number of rotatable bonds is 8. The molecule has 25 heavy (non-hydrogen) atoms. The summed E-state index contributed by atoms with van der Waals surface area (Å²) < 4.78 is 10.6. The van der Waals surface area contributed by atoms with Gasteiger partial charge in [0.1, 0.15) is 0 Å². The summed E-state index contributed by atoms with van der Waals surface area (Å²) >= 11 is 0. The molecule has 5 nitrogen and oxygen atoms in total. The molecule has 5 heteroatoms. The molecule has 0 spiro atoms. The van der Waals surface area contributed by atoms with Crippen molar-refractivity contribution in [1.29, 1.82) is 0 Å². The molecular formula is C20H26N2O3. The number of methoxy groups -OCH3 is 2. The van der Waals surface area contributed by atoms with E-state index < -0.39 is 0 Å². The van der Waals surface area contributed by atoms with Gasteiger partial charge in [-0.1, -0.05) is 24.3 Å². The van der Waals surface area contributed by atoms with Crippen molar-refractivity contribution < 1.29 is 14.3 Å². The number of ether oxygens (including phenoxy) is 2. The summed E-state index contributed by atoms with van der Waals surface area (Å²) in [7, 11) is 3.19. The van der Waals surface area contributed by atoms with Gasteiger partial charge in [-0.25, -0.2) is 0 Å². The molecule has 0 bridgehead atoms. The van der Waals surface area contributed by atoms with Gasteiger partial charge in [0.25, 0.3) is 5.91 Å². The third kappa shape index (κ3) is 4.73. The van der Waals surface area contributed by atoms with Gasteiger partial charge in [0.15, 0.2) is 11.5 Å². The average Bonchev–Trinajstić information content (AvgIpc) is 2.65. The predicted molar refractivity (Wildman–Crippen MR) is 99.2 cm³/mol. The summed E-state index contributed by atoms with van der Waals surface area (Å²) in [5.41, 5.74) is 8.25. The average molecular weight is 342 g/mol. The molecule has 0 saturated heterocycles. The van der Waals surface area contributed by atoms with Crippen LogP contribution < -0.4 is 20.5 Å². The lowest BCUT2D eigenvalue weighted by Gasteiger charge is -2.17. The lowest BCUT2D eigenvalue weighted by molar-refractivity contribution is 0.0939. The van der Waals surface area contributed by atoms with Gasteiger partial charge < -0.3 is 20.5 Å². The van der Waals surface area contributed by atoms with Crippen molar-refractivity contribution in [2.24, 2.45) is 5.73 Å². The van der Waals surface area contributed by atoms with Crippen LogP contribution in [0.3, 0.4) is 0 Å². The second-order valence-electron chi connectivity index (χ2n) is 5.86. The van der Waals surface area contributed by atoms with Crippen LogP contribution in [0.25, 0.3) is 0 Å². The molecule has 0 aliphatic heterocycles. The highest BCUT2D eigenvalue weighted by atomic mass is 16.5. The fraction of sp³-hybridized carbons (Fsp3) is 0.350.